The molecule has 0 aliphatic carbocycles. The highest BCUT2D eigenvalue weighted by atomic mass is 35.5. The van der Waals surface area contributed by atoms with Crippen LogP contribution in [0.2, 0.25) is 5.28 Å². The van der Waals surface area contributed by atoms with Gasteiger partial charge in [-0.15, -0.1) is 10.2 Å². The van der Waals surface area contributed by atoms with Crippen molar-refractivity contribution in [3.05, 3.63) is 58.3 Å². The third-order valence-corrected chi connectivity index (χ3v) is 6.06. The molecule has 0 amide bonds. The smallest absolute Gasteiger partial charge is 0.221 e. The molecule has 174 valence electrons. The fraction of sp³-hybridized carbons (Fsp3) is 0.458. The van der Waals surface area contributed by atoms with Crippen LogP contribution in [0.5, 0.6) is 0 Å². The highest BCUT2D eigenvalue weighted by Crippen LogP contribution is 2.36. The van der Waals surface area contributed by atoms with E-state index in [2.05, 4.69) is 100 Å². The Bertz CT molecular complexity index is 1190. The van der Waals surface area contributed by atoms with Gasteiger partial charge < -0.3 is 4.57 Å². The minimum Gasteiger partial charge on any atom is -0.310 e. The second-order valence-corrected chi connectivity index (χ2v) is 9.32. The van der Waals surface area contributed by atoms with E-state index in [9.17, 15) is 0 Å². The lowest BCUT2D eigenvalue weighted by atomic mass is 10.0. The number of nitrogens with one attached hydrogen (secondary N) is 1. The largest absolute Gasteiger partial charge is 0.310 e. The molecule has 0 radical (unpaired) electrons. The molecule has 1 aromatic carbocycles. The number of H-pyrrole nitrogens is 1. The summed E-state index contributed by atoms with van der Waals surface area (Å²) >= 11 is 6.33. The van der Waals surface area contributed by atoms with Crippen molar-refractivity contribution in [2.24, 2.45) is 0 Å². The number of aromatic amines is 1. The Morgan fingerprint density at radius 2 is 1.82 bits per heavy atom. The first-order chi connectivity index (χ1) is 15.9. The van der Waals surface area contributed by atoms with Gasteiger partial charge in [-0.3, -0.25) is 0 Å². The van der Waals surface area contributed by atoms with Gasteiger partial charge in [-0.05, 0) is 64.4 Å². The summed E-state index contributed by atoms with van der Waals surface area (Å²) in [6.45, 7) is 11.5. The van der Waals surface area contributed by atoms with Crippen LogP contribution in [-0.4, -0.2) is 40.0 Å². The molecule has 0 bridgehead atoms. The molecule has 3 aromatic heterocycles. The van der Waals surface area contributed by atoms with E-state index < -0.39 is 0 Å². The summed E-state index contributed by atoms with van der Waals surface area (Å²) in [4.78, 5) is 4.39. The monoisotopic (exact) mass is 466 g/mol. The number of benzene rings is 1. The first-order valence-electron chi connectivity index (χ1n) is 11.6. The second kappa shape index (κ2) is 9.87. The molecule has 0 unspecified atom stereocenters. The number of hydrogen-bond donors (Lipinski definition) is 1. The van der Waals surface area contributed by atoms with Crippen LogP contribution in [-0.2, 0) is 13.0 Å². The summed E-state index contributed by atoms with van der Waals surface area (Å²) in [6.07, 6.45) is 3.02. The third-order valence-electron chi connectivity index (χ3n) is 5.78. The number of aryl methyl sites for hydroxylation is 1. The number of tetrazole rings is 1. The van der Waals surface area contributed by atoms with E-state index >= 15 is 0 Å². The predicted octanol–water partition coefficient (Wildman–Crippen LogP) is 5.54. The first kappa shape index (κ1) is 23.2. The standard InChI is InChI=1S/C24H31ClN8/c1-6-7-8-21-26-24(25)32(29-21)14-17-9-11-18(12-10-17)33-20(16(4)5)13-19(15(2)3)22(33)23-27-30-31-28-23/h9-13,15-16H,6-8,14H2,1-5H3,(H,27,28,30,31). The Balaban J connectivity index is 1.69. The van der Waals surface area contributed by atoms with Crippen molar-refractivity contribution in [3.8, 4) is 17.2 Å². The van der Waals surface area contributed by atoms with Crippen LogP contribution in [0.4, 0.5) is 0 Å². The van der Waals surface area contributed by atoms with Crippen LogP contribution in [0, 0.1) is 0 Å². The van der Waals surface area contributed by atoms with Gasteiger partial charge in [-0.2, -0.15) is 10.3 Å². The maximum absolute atomic E-state index is 6.33. The Kier molecular flexibility index (Phi) is 6.93. The molecule has 3 heterocycles. The zero-order valence-electron chi connectivity index (χ0n) is 19.9. The maximum atomic E-state index is 6.33. The van der Waals surface area contributed by atoms with Crippen LogP contribution in [0.1, 0.15) is 81.9 Å². The number of hydrogen-bond acceptors (Lipinski definition) is 5. The number of nitrogens with zero attached hydrogens (tertiary/aromatic N) is 7. The van der Waals surface area contributed by atoms with E-state index in [4.69, 9.17) is 11.6 Å². The predicted molar refractivity (Wildman–Crippen MR) is 130 cm³/mol. The molecule has 0 aliphatic rings. The Morgan fingerprint density at radius 3 is 2.42 bits per heavy atom. The molecular formula is C24H31ClN8. The van der Waals surface area contributed by atoms with Gasteiger partial charge in [-0.1, -0.05) is 53.2 Å². The average molecular weight is 467 g/mol. The zero-order chi connectivity index (χ0) is 23.5. The second-order valence-electron chi connectivity index (χ2n) is 8.98. The summed E-state index contributed by atoms with van der Waals surface area (Å²) < 4.78 is 4.01. The summed E-state index contributed by atoms with van der Waals surface area (Å²) in [5.41, 5.74) is 5.57. The molecule has 0 aliphatic heterocycles. The molecule has 1 N–H and O–H groups in total. The van der Waals surface area contributed by atoms with Gasteiger partial charge in [-0.25, -0.2) is 9.67 Å². The SMILES string of the molecule is CCCCc1nc(Cl)n(Cc2ccc(-n3c(C(C)C)cc(C(C)C)c3-c3nn[nH]n3)cc2)n1. The molecule has 9 heteroatoms. The van der Waals surface area contributed by atoms with E-state index in [1.165, 1.54) is 11.3 Å². The lowest BCUT2D eigenvalue weighted by molar-refractivity contribution is 0.661. The van der Waals surface area contributed by atoms with Gasteiger partial charge in [0.05, 0.1) is 12.2 Å². The van der Waals surface area contributed by atoms with Crippen LogP contribution >= 0.6 is 11.6 Å². The fourth-order valence-corrected chi connectivity index (χ4v) is 4.21. The summed E-state index contributed by atoms with van der Waals surface area (Å²) in [5.74, 6) is 2.06. The molecule has 0 saturated carbocycles. The van der Waals surface area contributed by atoms with E-state index in [0.717, 1.165) is 42.0 Å². The highest BCUT2D eigenvalue weighted by molar-refractivity contribution is 6.28. The van der Waals surface area contributed by atoms with Gasteiger partial charge in [0.25, 0.3) is 0 Å². The summed E-state index contributed by atoms with van der Waals surface area (Å²) in [7, 11) is 0. The van der Waals surface area contributed by atoms with E-state index in [1.807, 2.05) is 0 Å². The van der Waals surface area contributed by atoms with Gasteiger partial charge in [0.1, 0.15) is 0 Å². The molecular weight excluding hydrogens is 436 g/mol. The van der Waals surface area contributed by atoms with Gasteiger partial charge in [0.2, 0.25) is 11.1 Å². The first-order valence-corrected chi connectivity index (χ1v) is 11.9. The fourth-order valence-electron chi connectivity index (χ4n) is 4.02. The topological polar surface area (TPSA) is 90.1 Å². The van der Waals surface area contributed by atoms with Crippen molar-refractivity contribution in [1.29, 1.82) is 0 Å². The van der Waals surface area contributed by atoms with Crippen LogP contribution < -0.4 is 0 Å². The molecule has 4 aromatic rings. The van der Waals surface area contributed by atoms with E-state index in [-0.39, 0.29) is 0 Å². The molecule has 4 rings (SSSR count). The Morgan fingerprint density at radius 1 is 1.06 bits per heavy atom. The number of halogens is 1. The minimum atomic E-state index is 0.327. The number of rotatable bonds is 9. The molecule has 33 heavy (non-hydrogen) atoms. The summed E-state index contributed by atoms with van der Waals surface area (Å²) in [5, 5.41) is 20.0. The van der Waals surface area contributed by atoms with Crippen molar-refractivity contribution in [2.45, 2.75) is 72.3 Å². The van der Waals surface area contributed by atoms with Crippen molar-refractivity contribution < 1.29 is 0 Å². The van der Waals surface area contributed by atoms with Crippen molar-refractivity contribution in [3.63, 3.8) is 0 Å². The van der Waals surface area contributed by atoms with Crippen molar-refractivity contribution in [2.75, 3.05) is 0 Å². The molecule has 0 spiro atoms. The van der Waals surface area contributed by atoms with Gasteiger partial charge in [0, 0.05) is 17.8 Å². The van der Waals surface area contributed by atoms with E-state index in [0.29, 0.717) is 29.5 Å². The maximum Gasteiger partial charge on any atom is 0.221 e. The molecule has 0 atom stereocenters. The lowest BCUT2D eigenvalue weighted by Crippen LogP contribution is -2.06. The minimum absolute atomic E-state index is 0.327. The average Bonchev–Trinajstić information content (AvgIpc) is 3.51. The van der Waals surface area contributed by atoms with Crippen LogP contribution in [0.25, 0.3) is 17.2 Å². The quantitative estimate of drug-likeness (QED) is 0.349. The Labute approximate surface area is 199 Å². The van der Waals surface area contributed by atoms with Crippen LogP contribution in [0.15, 0.2) is 30.3 Å². The highest BCUT2D eigenvalue weighted by Gasteiger charge is 2.24. The number of aromatic nitrogens is 8. The zero-order valence-corrected chi connectivity index (χ0v) is 20.6. The van der Waals surface area contributed by atoms with E-state index in [1.54, 1.807) is 4.68 Å². The lowest BCUT2D eigenvalue weighted by Gasteiger charge is -2.16. The molecule has 0 fully saturated rings. The normalized spacial score (nSPS) is 11.8. The summed E-state index contributed by atoms with van der Waals surface area (Å²) in [6, 6.07) is 10.7. The van der Waals surface area contributed by atoms with Crippen molar-refractivity contribution >= 4 is 11.6 Å². The Hall–Kier alpha value is -3.00. The van der Waals surface area contributed by atoms with Gasteiger partial charge in [0.15, 0.2) is 5.82 Å². The number of unbranched alkanes of at least 4 members (excludes halogenated alkanes) is 1. The molecule has 0 saturated heterocycles. The van der Waals surface area contributed by atoms with Gasteiger partial charge >= 0.3 is 0 Å². The van der Waals surface area contributed by atoms with Crippen LogP contribution in [0.3, 0.4) is 0 Å². The third kappa shape index (κ3) is 4.85. The van der Waals surface area contributed by atoms with Crippen molar-refractivity contribution in [1.82, 2.24) is 40.0 Å². The molecule has 8 nitrogen and oxygen atoms in total.